The molecule has 0 unspecified atom stereocenters. The highest BCUT2D eigenvalue weighted by Gasteiger charge is 2.17. The van der Waals surface area contributed by atoms with Gasteiger partial charge in [0.05, 0.1) is 0 Å². The fourth-order valence-electron chi connectivity index (χ4n) is 3.88. The maximum atomic E-state index is 6.31. The van der Waals surface area contributed by atoms with E-state index in [-0.39, 0.29) is 29.5 Å². The zero-order valence-electron chi connectivity index (χ0n) is 18.4. The van der Waals surface area contributed by atoms with E-state index in [0.29, 0.717) is 0 Å². The number of halogens is 1. The Balaban J connectivity index is 0.00000676. The summed E-state index contributed by atoms with van der Waals surface area (Å²) in [4.78, 5) is 0. The van der Waals surface area contributed by atoms with Crippen LogP contribution in [-0.4, -0.2) is 0 Å². The number of hydrogen-bond donors (Lipinski definition) is 1. The molecular formula is C25H46IN. The Kier molecular flexibility index (Phi) is 16.8. The third-order valence-corrected chi connectivity index (χ3v) is 5.51. The Morgan fingerprint density at radius 1 is 0.667 bits per heavy atom. The van der Waals surface area contributed by atoms with Gasteiger partial charge in [0.25, 0.3) is 0 Å². The van der Waals surface area contributed by atoms with E-state index >= 15 is 0 Å². The summed E-state index contributed by atoms with van der Waals surface area (Å²) < 4.78 is 0. The second-order valence-electron chi connectivity index (χ2n) is 8.73. The highest BCUT2D eigenvalue weighted by Crippen LogP contribution is 2.23. The Morgan fingerprint density at radius 2 is 1.07 bits per heavy atom. The molecule has 2 heteroatoms. The normalized spacial score (nSPS) is 11.4. The average Bonchev–Trinajstić information content (AvgIpc) is 2.61. The van der Waals surface area contributed by atoms with E-state index in [4.69, 9.17) is 5.73 Å². The molecule has 2 N–H and O–H groups in total. The standard InChI is InChI=1S/C25H45N.HI/c1-4-5-6-7-8-9-10-11-12-13-14-15-16-17-20-23-21-18-19-22-24(23)25(2,3)26;/h18-19,21-22H,4-17,20,26H2,1-3H3;1H. The molecule has 0 bridgehead atoms. The third-order valence-electron chi connectivity index (χ3n) is 5.51. The molecule has 0 aliphatic rings. The predicted octanol–water partition coefficient (Wildman–Crippen LogP) is 8.52. The molecule has 0 heterocycles. The van der Waals surface area contributed by atoms with E-state index in [1.807, 2.05) is 0 Å². The van der Waals surface area contributed by atoms with Gasteiger partial charge < -0.3 is 5.73 Å². The minimum atomic E-state index is -0.230. The number of rotatable bonds is 16. The average molecular weight is 488 g/mol. The zero-order valence-corrected chi connectivity index (χ0v) is 20.7. The zero-order chi connectivity index (χ0) is 19.1. The van der Waals surface area contributed by atoms with Crippen molar-refractivity contribution in [3.63, 3.8) is 0 Å². The molecular weight excluding hydrogens is 441 g/mol. The summed E-state index contributed by atoms with van der Waals surface area (Å²) in [5.74, 6) is 0. The van der Waals surface area contributed by atoms with Gasteiger partial charge in [-0.1, -0.05) is 115 Å². The minimum Gasteiger partial charge on any atom is -0.322 e. The van der Waals surface area contributed by atoms with Gasteiger partial charge in [0.15, 0.2) is 0 Å². The fourth-order valence-corrected chi connectivity index (χ4v) is 3.88. The first-order valence-electron chi connectivity index (χ1n) is 11.4. The summed E-state index contributed by atoms with van der Waals surface area (Å²) in [6, 6.07) is 8.71. The number of unbranched alkanes of at least 4 members (excludes halogenated alkanes) is 13. The molecule has 0 aromatic heterocycles. The van der Waals surface area contributed by atoms with Gasteiger partial charge in [-0.15, -0.1) is 24.0 Å². The number of benzene rings is 1. The lowest BCUT2D eigenvalue weighted by atomic mass is 9.89. The van der Waals surface area contributed by atoms with Crippen molar-refractivity contribution in [2.45, 2.75) is 123 Å². The van der Waals surface area contributed by atoms with E-state index in [2.05, 4.69) is 45.0 Å². The van der Waals surface area contributed by atoms with Crippen LogP contribution in [0.25, 0.3) is 0 Å². The molecule has 0 aliphatic heterocycles. The van der Waals surface area contributed by atoms with E-state index in [0.717, 1.165) is 0 Å². The molecule has 27 heavy (non-hydrogen) atoms. The monoisotopic (exact) mass is 487 g/mol. The van der Waals surface area contributed by atoms with Crippen molar-refractivity contribution < 1.29 is 0 Å². The van der Waals surface area contributed by atoms with Crippen LogP contribution in [-0.2, 0) is 12.0 Å². The van der Waals surface area contributed by atoms with Gasteiger partial charge in [-0.2, -0.15) is 0 Å². The second-order valence-corrected chi connectivity index (χ2v) is 8.73. The Labute approximate surface area is 187 Å². The molecule has 0 aliphatic carbocycles. The lowest BCUT2D eigenvalue weighted by Crippen LogP contribution is -2.30. The Hall–Kier alpha value is -0.0900. The van der Waals surface area contributed by atoms with Crippen molar-refractivity contribution in [1.29, 1.82) is 0 Å². The van der Waals surface area contributed by atoms with Crippen LogP contribution in [0.4, 0.5) is 0 Å². The number of nitrogens with two attached hydrogens (primary N) is 1. The second kappa shape index (κ2) is 16.8. The summed E-state index contributed by atoms with van der Waals surface area (Å²) in [5, 5.41) is 0. The summed E-state index contributed by atoms with van der Waals surface area (Å²) in [7, 11) is 0. The van der Waals surface area contributed by atoms with Gasteiger partial charge in [0, 0.05) is 5.54 Å². The molecule has 0 atom stereocenters. The molecule has 0 saturated heterocycles. The van der Waals surface area contributed by atoms with Gasteiger partial charge in [-0.3, -0.25) is 0 Å². The first-order chi connectivity index (χ1) is 12.6. The number of hydrogen-bond acceptors (Lipinski definition) is 1. The maximum absolute atomic E-state index is 6.31. The van der Waals surface area contributed by atoms with Crippen molar-refractivity contribution in [2.75, 3.05) is 0 Å². The topological polar surface area (TPSA) is 26.0 Å². The van der Waals surface area contributed by atoms with Crippen molar-refractivity contribution in [1.82, 2.24) is 0 Å². The summed E-state index contributed by atoms with van der Waals surface area (Å²) in [6.45, 7) is 6.51. The van der Waals surface area contributed by atoms with Crippen LogP contribution >= 0.6 is 24.0 Å². The van der Waals surface area contributed by atoms with Crippen molar-refractivity contribution in [3.05, 3.63) is 35.4 Å². The van der Waals surface area contributed by atoms with Crippen molar-refractivity contribution in [2.24, 2.45) is 5.73 Å². The van der Waals surface area contributed by atoms with E-state index in [9.17, 15) is 0 Å². The van der Waals surface area contributed by atoms with Crippen LogP contribution < -0.4 is 5.73 Å². The Bertz CT molecular complexity index is 450. The van der Waals surface area contributed by atoms with Gasteiger partial charge in [0.1, 0.15) is 0 Å². The van der Waals surface area contributed by atoms with Gasteiger partial charge in [-0.25, -0.2) is 0 Å². The SMILES string of the molecule is CCCCCCCCCCCCCCCCc1ccccc1C(C)(C)N.I. The molecule has 1 rings (SSSR count). The van der Waals surface area contributed by atoms with Gasteiger partial charge in [-0.05, 0) is 37.8 Å². The van der Waals surface area contributed by atoms with Crippen LogP contribution in [0.1, 0.15) is 122 Å². The smallest absolute Gasteiger partial charge is 0.0355 e. The molecule has 0 radical (unpaired) electrons. The summed E-state index contributed by atoms with van der Waals surface area (Å²) in [6.07, 6.45) is 21.0. The van der Waals surface area contributed by atoms with Gasteiger partial charge >= 0.3 is 0 Å². The van der Waals surface area contributed by atoms with Crippen LogP contribution in [0.15, 0.2) is 24.3 Å². The Morgan fingerprint density at radius 3 is 1.52 bits per heavy atom. The maximum Gasteiger partial charge on any atom is 0.0355 e. The van der Waals surface area contributed by atoms with Crippen LogP contribution in [0.2, 0.25) is 0 Å². The highest BCUT2D eigenvalue weighted by atomic mass is 127. The number of aryl methyl sites for hydroxylation is 1. The lowest BCUT2D eigenvalue weighted by molar-refractivity contribution is 0.531. The third kappa shape index (κ3) is 13.7. The molecule has 1 aromatic carbocycles. The fraction of sp³-hybridized carbons (Fsp3) is 0.760. The van der Waals surface area contributed by atoms with E-state index in [1.54, 1.807) is 0 Å². The molecule has 0 saturated carbocycles. The summed E-state index contributed by atoms with van der Waals surface area (Å²) in [5.41, 5.74) is 8.84. The van der Waals surface area contributed by atoms with Crippen molar-refractivity contribution >= 4 is 24.0 Å². The first kappa shape index (κ1) is 26.9. The highest BCUT2D eigenvalue weighted by molar-refractivity contribution is 14.0. The van der Waals surface area contributed by atoms with Crippen molar-refractivity contribution in [3.8, 4) is 0 Å². The molecule has 0 fully saturated rings. The summed E-state index contributed by atoms with van der Waals surface area (Å²) >= 11 is 0. The first-order valence-corrected chi connectivity index (χ1v) is 11.4. The van der Waals surface area contributed by atoms with Crippen LogP contribution in [0.3, 0.4) is 0 Å². The van der Waals surface area contributed by atoms with Crippen LogP contribution in [0.5, 0.6) is 0 Å². The lowest BCUT2D eigenvalue weighted by Gasteiger charge is -2.23. The van der Waals surface area contributed by atoms with E-state index < -0.39 is 0 Å². The predicted molar refractivity (Wildman–Crippen MR) is 133 cm³/mol. The molecule has 1 nitrogen and oxygen atoms in total. The minimum absolute atomic E-state index is 0. The van der Waals surface area contributed by atoms with Gasteiger partial charge in [0.2, 0.25) is 0 Å². The molecule has 0 amide bonds. The molecule has 0 spiro atoms. The molecule has 1 aromatic rings. The quantitative estimate of drug-likeness (QED) is 0.184. The molecule has 158 valence electrons. The van der Waals surface area contributed by atoms with E-state index in [1.165, 1.54) is 107 Å². The van der Waals surface area contributed by atoms with Crippen LogP contribution in [0, 0.1) is 0 Å². The largest absolute Gasteiger partial charge is 0.322 e.